The van der Waals surface area contributed by atoms with Gasteiger partial charge >= 0.3 is 0 Å². The van der Waals surface area contributed by atoms with Crippen LogP contribution in [0.4, 0.5) is 5.69 Å². The lowest BCUT2D eigenvalue weighted by Gasteiger charge is -2.09. The third-order valence-electron chi connectivity index (χ3n) is 4.00. The minimum absolute atomic E-state index is 0.112. The van der Waals surface area contributed by atoms with Crippen molar-refractivity contribution in [1.29, 1.82) is 0 Å². The van der Waals surface area contributed by atoms with Gasteiger partial charge in [-0.25, -0.2) is 8.42 Å². The molecule has 1 heterocycles. The molecule has 0 aliphatic heterocycles. The van der Waals surface area contributed by atoms with Gasteiger partial charge in [0.1, 0.15) is 0 Å². The van der Waals surface area contributed by atoms with E-state index in [-0.39, 0.29) is 23.2 Å². The zero-order chi connectivity index (χ0) is 20.9. The average molecular weight is 434 g/mol. The summed E-state index contributed by atoms with van der Waals surface area (Å²) in [5.41, 5.74) is 1.61. The van der Waals surface area contributed by atoms with Crippen LogP contribution >= 0.6 is 11.8 Å². The molecule has 11 heteroatoms. The summed E-state index contributed by atoms with van der Waals surface area (Å²) < 4.78 is 30.7. The summed E-state index contributed by atoms with van der Waals surface area (Å²) in [6, 6.07) is 12.9. The number of methoxy groups -OCH3 is 1. The highest BCUT2D eigenvalue weighted by Crippen LogP contribution is 2.20. The Morgan fingerprint density at radius 1 is 1.21 bits per heavy atom. The van der Waals surface area contributed by atoms with Gasteiger partial charge in [0.25, 0.3) is 5.91 Å². The van der Waals surface area contributed by atoms with Gasteiger partial charge in [-0.1, -0.05) is 17.8 Å². The Labute approximate surface area is 172 Å². The number of nitrogens with zero attached hydrogens (tertiary/aromatic N) is 4. The summed E-state index contributed by atoms with van der Waals surface area (Å²) >= 11 is 1.40. The van der Waals surface area contributed by atoms with Gasteiger partial charge in [-0.2, -0.15) is 4.68 Å². The first-order valence-electron chi connectivity index (χ1n) is 8.50. The van der Waals surface area contributed by atoms with E-state index in [1.807, 2.05) is 12.3 Å². The number of benzene rings is 2. The monoisotopic (exact) mass is 433 g/mol. The second-order valence-electron chi connectivity index (χ2n) is 5.92. The van der Waals surface area contributed by atoms with E-state index >= 15 is 0 Å². The molecule has 2 aromatic carbocycles. The lowest BCUT2D eigenvalue weighted by molar-refractivity contribution is 0.102. The van der Waals surface area contributed by atoms with Crippen molar-refractivity contribution in [3.8, 4) is 5.69 Å². The molecule has 0 unspecified atom stereocenters. The molecule has 1 amide bonds. The van der Waals surface area contributed by atoms with E-state index in [2.05, 4.69) is 20.8 Å². The van der Waals surface area contributed by atoms with Gasteiger partial charge in [0.2, 0.25) is 5.16 Å². The number of carbonyl (C=O) groups excluding carboxylic acids is 1. The number of sulfone groups is 1. The Kier molecular flexibility index (Phi) is 6.62. The van der Waals surface area contributed by atoms with Crippen molar-refractivity contribution in [3.63, 3.8) is 0 Å². The van der Waals surface area contributed by atoms with E-state index in [1.54, 1.807) is 22.9 Å². The van der Waals surface area contributed by atoms with Crippen LogP contribution in [0, 0.1) is 0 Å². The van der Waals surface area contributed by atoms with Gasteiger partial charge in [0, 0.05) is 18.4 Å². The molecule has 0 aliphatic carbocycles. The molecule has 9 nitrogen and oxygen atoms in total. The quantitative estimate of drug-likeness (QED) is 0.537. The van der Waals surface area contributed by atoms with Gasteiger partial charge in [0.05, 0.1) is 22.9 Å². The second kappa shape index (κ2) is 9.16. The molecule has 0 saturated heterocycles. The lowest BCUT2D eigenvalue weighted by atomic mass is 10.2. The molecule has 3 aromatic rings. The summed E-state index contributed by atoms with van der Waals surface area (Å²) in [6.07, 6.45) is 1.87. The number of hydrogen-bond acceptors (Lipinski definition) is 8. The van der Waals surface area contributed by atoms with E-state index in [9.17, 15) is 13.2 Å². The number of aromatic nitrogens is 4. The van der Waals surface area contributed by atoms with Crippen LogP contribution in [-0.4, -0.2) is 60.3 Å². The average Bonchev–Trinajstić information content (AvgIpc) is 3.21. The minimum Gasteiger partial charge on any atom is -0.384 e. The van der Waals surface area contributed by atoms with Crippen LogP contribution in [0.2, 0.25) is 0 Å². The molecule has 0 bridgehead atoms. The molecule has 0 atom stereocenters. The van der Waals surface area contributed by atoms with Crippen molar-refractivity contribution in [1.82, 2.24) is 20.2 Å². The van der Waals surface area contributed by atoms with Gasteiger partial charge in [-0.15, -0.1) is 5.10 Å². The number of hydrogen-bond donors (Lipinski definition) is 1. The van der Waals surface area contributed by atoms with E-state index in [1.165, 1.54) is 43.1 Å². The summed E-state index contributed by atoms with van der Waals surface area (Å²) in [6.45, 7) is 0.112. The van der Waals surface area contributed by atoms with Gasteiger partial charge < -0.3 is 10.1 Å². The third-order valence-corrected chi connectivity index (χ3v) is 6.32. The predicted molar refractivity (Wildman–Crippen MR) is 109 cm³/mol. The molecule has 0 fully saturated rings. The van der Waals surface area contributed by atoms with Crippen molar-refractivity contribution < 1.29 is 17.9 Å². The first kappa shape index (κ1) is 21.0. The zero-order valence-corrected chi connectivity index (χ0v) is 17.4. The topological polar surface area (TPSA) is 116 Å². The third kappa shape index (κ3) is 5.00. The van der Waals surface area contributed by atoms with Crippen LogP contribution in [-0.2, 0) is 14.6 Å². The summed E-state index contributed by atoms with van der Waals surface area (Å²) in [7, 11) is -2.00. The van der Waals surface area contributed by atoms with Crippen molar-refractivity contribution in [3.05, 3.63) is 54.1 Å². The Hall–Kier alpha value is -2.76. The normalized spacial score (nSPS) is 11.4. The van der Waals surface area contributed by atoms with E-state index < -0.39 is 9.84 Å². The van der Waals surface area contributed by atoms with Crippen molar-refractivity contribution in [2.45, 2.75) is 10.1 Å². The Bertz CT molecular complexity index is 1100. The highest BCUT2D eigenvalue weighted by molar-refractivity contribution is 7.98. The number of carbonyl (C=O) groups is 1. The second-order valence-corrected chi connectivity index (χ2v) is 8.80. The van der Waals surface area contributed by atoms with E-state index in [0.717, 1.165) is 0 Å². The van der Waals surface area contributed by atoms with Crippen LogP contribution < -0.4 is 5.32 Å². The molecular weight excluding hydrogens is 414 g/mol. The predicted octanol–water partition coefficient (Wildman–Crippen LogP) is 2.06. The molecule has 1 aromatic heterocycles. The van der Waals surface area contributed by atoms with Crippen LogP contribution in [0.15, 0.2) is 58.6 Å². The molecule has 29 heavy (non-hydrogen) atoms. The number of rotatable bonds is 8. The van der Waals surface area contributed by atoms with Crippen molar-refractivity contribution in [2.24, 2.45) is 0 Å². The van der Waals surface area contributed by atoms with Gasteiger partial charge in [-0.3, -0.25) is 4.79 Å². The number of amides is 1. The first-order chi connectivity index (χ1) is 13.9. The molecule has 0 aliphatic rings. The maximum atomic E-state index is 12.5. The van der Waals surface area contributed by atoms with E-state index in [4.69, 9.17) is 4.74 Å². The zero-order valence-electron chi connectivity index (χ0n) is 15.8. The maximum Gasteiger partial charge on any atom is 0.255 e. The fraction of sp³-hybridized carbons (Fsp3) is 0.222. The molecular formula is C18H19N5O4S2. The molecule has 0 spiro atoms. The van der Waals surface area contributed by atoms with Crippen molar-refractivity contribution in [2.75, 3.05) is 31.0 Å². The Balaban J connectivity index is 1.75. The smallest absolute Gasteiger partial charge is 0.255 e. The first-order valence-corrected chi connectivity index (χ1v) is 11.4. The number of anilines is 1. The highest BCUT2D eigenvalue weighted by Gasteiger charge is 2.15. The SMILES string of the molecule is COCCS(=O)(=O)c1ccc(C(=O)Nc2cccc(-n3nnnc3SC)c2)cc1. The van der Waals surface area contributed by atoms with Crippen molar-refractivity contribution >= 4 is 33.2 Å². The fourth-order valence-corrected chi connectivity index (χ4v) is 4.12. The van der Waals surface area contributed by atoms with Gasteiger partial charge in [0.15, 0.2) is 9.84 Å². The lowest BCUT2D eigenvalue weighted by Crippen LogP contribution is -2.14. The molecule has 1 N–H and O–H groups in total. The number of nitrogens with one attached hydrogen (secondary N) is 1. The Morgan fingerprint density at radius 3 is 2.66 bits per heavy atom. The standard InChI is InChI=1S/C18H19N5O4S2/c1-27-10-11-29(25,26)16-8-6-13(7-9-16)17(24)19-14-4-3-5-15(12-14)23-18(28-2)20-21-22-23/h3-9,12H,10-11H2,1-2H3,(H,19,24). The maximum absolute atomic E-state index is 12.5. The Morgan fingerprint density at radius 2 is 1.97 bits per heavy atom. The number of thioether (sulfide) groups is 1. The van der Waals surface area contributed by atoms with E-state index in [0.29, 0.717) is 22.1 Å². The van der Waals surface area contributed by atoms with Crippen LogP contribution in [0.1, 0.15) is 10.4 Å². The molecule has 0 saturated carbocycles. The molecule has 3 rings (SSSR count). The minimum atomic E-state index is -3.44. The van der Waals surface area contributed by atoms with Crippen LogP contribution in [0.25, 0.3) is 5.69 Å². The molecule has 0 radical (unpaired) electrons. The van der Waals surface area contributed by atoms with Crippen LogP contribution in [0.3, 0.4) is 0 Å². The number of tetrazole rings is 1. The fourth-order valence-electron chi connectivity index (χ4n) is 2.51. The summed E-state index contributed by atoms with van der Waals surface area (Å²) in [5.74, 6) is -0.471. The number of ether oxygens (including phenoxy) is 1. The highest BCUT2D eigenvalue weighted by atomic mass is 32.2. The van der Waals surface area contributed by atoms with Crippen LogP contribution in [0.5, 0.6) is 0 Å². The molecule has 152 valence electrons. The summed E-state index contributed by atoms with van der Waals surface area (Å²) in [4.78, 5) is 12.7. The summed E-state index contributed by atoms with van der Waals surface area (Å²) in [5, 5.41) is 14.9. The largest absolute Gasteiger partial charge is 0.384 e. The van der Waals surface area contributed by atoms with Gasteiger partial charge in [-0.05, 0) is 59.1 Å².